The average Bonchev–Trinajstić information content (AvgIpc) is 2.39. The Morgan fingerprint density at radius 3 is 2.32 bits per heavy atom. The number of benzene rings is 2. The standard InChI is InChI=1S/C16H20N2O/c1-18(2)10-12-3-8-16(14(9-12)11-19)13-4-6-15(17)7-5-13/h3-9,19H,10-11,17H2,1-2H3. The summed E-state index contributed by atoms with van der Waals surface area (Å²) in [6.07, 6.45) is 0. The summed E-state index contributed by atoms with van der Waals surface area (Å²) in [7, 11) is 4.07. The number of rotatable bonds is 4. The maximum atomic E-state index is 9.55. The molecule has 100 valence electrons. The van der Waals surface area contributed by atoms with Crippen molar-refractivity contribution >= 4 is 5.69 Å². The lowest BCUT2D eigenvalue weighted by atomic mass is 9.97. The number of hydrogen-bond donors (Lipinski definition) is 2. The zero-order chi connectivity index (χ0) is 13.8. The minimum atomic E-state index is 0.0426. The van der Waals surface area contributed by atoms with E-state index >= 15 is 0 Å². The predicted molar refractivity (Wildman–Crippen MR) is 79.6 cm³/mol. The van der Waals surface area contributed by atoms with Crippen LogP contribution >= 0.6 is 0 Å². The molecule has 0 aromatic heterocycles. The van der Waals surface area contributed by atoms with E-state index in [0.717, 1.165) is 28.9 Å². The van der Waals surface area contributed by atoms with Gasteiger partial charge in [0, 0.05) is 12.2 Å². The Bertz CT molecular complexity index is 547. The summed E-state index contributed by atoms with van der Waals surface area (Å²) in [4.78, 5) is 2.11. The minimum absolute atomic E-state index is 0.0426. The molecule has 0 atom stereocenters. The van der Waals surface area contributed by atoms with Gasteiger partial charge in [-0.15, -0.1) is 0 Å². The van der Waals surface area contributed by atoms with E-state index in [1.165, 1.54) is 5.56 Å². The van der Waals surface area contributed by atoms with Crippen LogP contribution in [0.3, 0.4) is 0 Å². The van der Waals surface area contributed by atoms with Crippen LogP contribution in [0.25, 0.3) is 11.1 Å². The van der Waals surface area contributed by atoms with E-state index in [0.29, 0.717) is 0 Å². The molecule has 0 heterocycles. The van der Waals surface area contributed by atoms with Gasteiger partial charge in [-0.05, 0) is 48.5 Å². The summed E-state index contributed by atoms with van der Waals surface area (Å²) >= 11 is 0. The zero-order valence-corrected chi connectivity index (χ0v) is 11.4. The lowest BCUT2D eigenvalue weighted by Gasteiger charge is -2.13. The third-order valence-electron chi connectivity index (χ3n) is 3.06. The van der Waals surface area contributed by atoms with Crippen LogP contribution in [0.4, 0.5) is 5.69 Å². The number of aliphatic hydroxyl groups excluding tert-OH is 1. The highest BCUT2D eigenvalue weighted by molar-refractivity contribution is 5.69. The molecule has 0 saturated carbocycles. The molecule has 0 spiro atoms. The Morgan fingerprint density at radius 1 is 1.05 bits per heavy atom. The van der Waals surface area contributed by atoms with Crippen molar-refractivity contribution in [3.63, 3.8) is 0 Å². The summed E-state index contributed by atoms with van der Waals surface area (Å²) < 4.78 is 0. The fourth-order valence-corrected chi connectivity index (χ4v) is 2.19. The van der Waals surface area contributed by atoms with Crippen molar-refractivity contribution in [2.24, 2.45) is 0 Å². The van der Waals surface area contributed by atoms with Gasteiger partial charge in [-0.1, -0.05) is 30.3 Å². The Balaban J connectivity index is 2.38. The Hall–Kier alpha value is -1.84. The number of hydrogen-bond acceptors (Lipinski definition) is 3. The second kappa shape index (κ2) is 5.87. The first-order valence-electron chi connectivity index (χ1n) is 6.33. The second-order valence-electron chi connectivity index (χ2n) is 5.01. The van der Waals surface area contributed by atoms with Crippen molar-refractivity contribution in [1.29, 1.82) is 0 Å². The van der Waals surface area contributed by atoms with Gasteiger partial charge in [0.15, 0.2) is 0 Å². The number of nitrogen functional groups attached to an aromatic ring is 1. The van der Waals surface area contributed by atoms with Crippen LogP contribution < -0.4 is 5.73 Å². The molecule has 2 aromatic carbocycles. The predicted octanol–water partition coefficient (Wildman–Crippen LogP) is 2.49. The van der Waals surface area contributed by atoms with Gasteiger partial charge >= 0.3 is 0 Å². The molecule has 0 saturated heterocycles. The number of aliphatic hydroxyl groups is 1. The number of anilines is 1. The Labute approximate surface area is 114 Å². The highest BCUT2D eigenvalue weighted by Crippen LogP contribution is 2.26. The molecule has 0 aliphatic rings. The maximum Gasteiger partial charge on any atom is 0.0687 e. The van der Waals surface area contributed by atoms with Crippen LogP contribution in [0.5, 0.6) is 0 Å². The van der Waals surface area contributed by atoms with E-state index in [1.807, 2.05) is 38.4 Å². The number of nitrogens with two attached hydrogens (primary N) is 1. The van der Waals surface area contributed by atoms with E-state index in [9.17, 15) is 5.11 Å². The van der Waals surface area contributed by atoms with E-state index in [4.69, 9.17) is 5.73 Å². The highest BCUT2D eigenvalue weighted by atomic mass is 16.3. The first-order chi connectivity index (χ1) is 9.10. The van der Waals surface area contributed by atoms with E-state index in [2.05, 4.69) is 23.1 Å². The average molecular weight is 256 g/mol. The van der Waals surface area contributed by atoms with Gasteiger partial charge in [-0.2, -0.15) is 0 Å². The molecule has 0 fully saturated rings. The molecule has 19 heavy (non-hydrogen) atoms. The molecule has 0 aliphatic heterocycles. The molecular formula is C16H20N2O. The van der Waals surface area contributed by atoms with E-state index in [1.54, 1.807) is 0 Å². The largest absolute Gasteiger partial charge is 0.399 e. The van der Waals surface area contributed by atoms with Crippen molar-refractivity contribution in [2.45, 2.75) is 13.2 Å². The molecule has 2 rings (SSSR count). The fourth-order valence-electron chi connectivity index (χ4n) is 2.19. The van der Waals surface area contributed by atoms with Gasteiger partial charge in [-0.3, -0.25) is 0 Å². The molecule has 0 aliphatic carbocycles. The summed E-state index contributed by atoms with van der Waals surface area (Å²) in [5.74, 6) is 0. The lowest BCUT2D eigenvalue weighted by molar-refractivity contribution is 0.282. The topological polar surface area (TPSA) is 49.5 Å². The molecule has 0 radical (unpaired) electrons. The lowest BCUT2D eigenvalue weighted by Crippen LogP contribution is -2.10. The minimum Gasteiger partial charge on any atom is -0.399 e. The van der Waals surface area contributed by atoms with Crippen molar-refractivity contribution in [1.82, 2.24) is 4.90 Å². The van der Waals surface area contributed by atoms with Crippen LogP contribution in [-0.4, -0.2) is 24.1 Å². The van der Waals surface area contributed by atoms with Crippen LogP contribution in [0.15, 0.2) is 42.5 Å². The molecule has 2 aromatic rings. The molecule has 0 bridgehead atoms. The molecule has 3 heteroatoms. The van der Waals surface area contributed by atoms with E-state index < -0.39 is 0 Å². The van der Waals surface area contributed by atoms with Gasteiger partial charge in [0.1, 0.15) is 0 Å². The smallest absolute Gasteiger partial charge is 0.0687 e. The quantitative estimate of drug-likeness (QED) is 0.826. The summed E-state index contributed by atoms with van der Waals surface area (Å²) in [5.41, 5.74) is 10.7. The van der Waals surface area contributed by atoms with Gasteiger partial charge in [-0.25, -0.2) is 0 Å². The van der Waals surface area contributed by atoms with Crippen LogP contribution in [0, 0.1) is 0 Å². The molecule has 0 amide bonds. The first kappa shape index (κ1) is 13.6. The summed E-state index contributed by atoms with van der Waals surface area (Å²) in [5, 5.41) is 9.55. The number of nitrogens with zero attached hydrogens (tertiary/aromatic N) is 1. The maximum absolute atomic E-state index is 9.55. The highest BCUT2D eigenvalue weighted by Gasteiger charge is 2.06. The first-order valence-corrected chi connectivity index (χ1v) is 6.33. The van der Waals surface area contributed by atoms with Crippen molar-refractivity contribution < 1.29 is 5.11 Å². The molecular weight excluding hydrogens is 236 g/mol. The Kier molecular flexibility index (Phi) is 4.20. The summed E-state index contributed by atoms with van der Waals surface area (Å²) in [6, 6.07) is 14.0. The van der Waals surface area contributed by atoms with Crippen LogP contribution in [0.1, 0.15) is 11.1 Å². The second-order valence-corrected chi connectivity index (χ2v) is 5.01. The fraction of sp³-hybridized carbons (Fsp3) is 0.250. The Morgan fingerprint density at radius 2 is 1.74 bits per heavy atom. The molecule has 0 unspecified atom stereocenters. The summed E-state index contributed by atoms with van der Waals surface area (Å²) in [6.45, 7) is 0.913. The van der Waals surface area contributed by atoms with Crippen LogP contribution in [0.2, 0.25) is 0 Å². The normalized spacial score (nSPS) is 10.9. The zero-order valence-electron chi connectivity index (χ0n) is 11.4. The van der Waals surface area contributed by atoms with Crippen molar-refractivity contribution in [3.05, 3.63) is 53.6 Å². The molecule has 3 N–H and O–H groups in total. The van der Waals surface area contributed by atoms with Gasteiger partial charge in [0.05, 0.1) is 6.61 Å². The van der Waals surface area contributed by atoms with Crippen LogP contribution in [-0.2, 0) is 13.2 Å². The van der Waals surface area contributed by atoms with Gasteiger partial charge < -0.3 is 15.7 Å². The third kappa shape index (κ3) is 3.34. The molecule has 3 nitrogen and oxygen atoms in total. The SMILES string of the molecule is CN(C)Cc1ccc(-c2ccc(N)cc2)c(CO)c1. The van der Waals surface area contributed by atoms with Crippen molar-refractivity contribution in [3.8, 4) is 11.1 Å². The van der Waals surface area contributed by atoms with Crippen molar-refractivity contribution in [2.75, 3.05) is 19.8 Å². The monoisotopic (exact) mass is 256 g/mol. The van der Waals surface area contributed by atoms with Gasteiger partial charge in [0.25, 0.3) is 0 Å². The third-order valence-corrected chi connectivity index (χ3v) is 3.06. The van der Waals surface area contributed by atoms with E-state index in [-0.39, 0.29) is 6.61 Å². The van der Waals surface area contributed by atoms with Gasteiger partial charge in [0.2, 0.25) is 0 Å².